The number of benzene rings is 1. The number of hydrogen-bond acceptors (Lipinski definition) is 5. The number of carboxylic acid groups (broad SMARTS) is 1. The van der Waals surface area contributed by atoms with E-state index in [4.69, 9.17) is 14.2 Å². The van der Waals surface area contributed by atoms with Crippen LogP contribution in [0.4, 0.5) is 0 Å². The number of allylic oxidation sites excluding steroid dienone is 1. The fourth-order valence-electron chi connectivity index (χ4n) is 3.91. The van der Waals surface area contributed by atoms with E-state index in [0.29, 0.717) is 30.4 Å². The molecule has 2 rings (SSSR count). The van der Waals surface area contributed by atoms with Crippen molar-refractivity contribution in [1.29, 1.82) is 0 Å². The summed E-state index contributed by atoms with van der Waals surface area (Å²) in [6, 6.07) is 5.65. The minimum atomic E-state index is -1.31. The summed E-state index contributed by atoms with van der Waals surface area (Å²) in [4.78, 5) is 16.1. The molecule has 0 amide bonds. The predicted molar refractivity (Wildman–Crippen MR) is 132 cm³/mol. The van der Waals surface area contributed by atoms with Crippen molar-refractivity contribution >= 4 is 11.9 Å². The monoisotopic (exact) mass is 459 g/mol. The van der Waals surface area contributed by atoms with Gasteiger partial charge in [0.1, 0.15) is 11.5 Å². The average Bonchev–Trinajstić information content (AvgIpc) is 2.78. The van der Waals surface area contributed by atoms with Crippen LogP contribution in [0.25, 0.3) is 0 Å². The van der Waals surface area contributed by atoms with E-state index in [1.807, 2.05) is 32.1 Å². The number of carboxylic acids is 1. The molecule has 0 heterocycles. The number of hydrogen-bond donors (Lipinski definition) is 1. The molecule has 0 saturated heterocycles. The second-order valence-corrected chi connectivity index (χ2v) is 9.14. The van der Waals surface area contributed by atoms with Crippen LogP contribution in [0.5, 0.6) is 11.5 Å². The highest BCUT2D eigenvalue weighted by Gasteiger charge is 2.30. The first-order valence-corrected chi connectivity index (χ1v) is 12.3. The molecule has 6 heteroatoms. The topological polar surface area (TPSA) is 77.3 Å². The van der Waals surface area contributed by atoms with Crippen LogP contribution >= 0.6 is 0 Å². The van der Waals surface area contributed by atoms with Gasteiger partial charge in [0.2, 0.25) is 0 Å². The molecule has 33 heavy (non-hydrogen) atoms. The smallest absolute Gasteiger partial charge is 0.347 e. The molecular formula is C27H41NO5. The van der Waals surface area contributed by atoms with Gasteiger partial charge in [-0.3, -0.25) is 4.99 Å². The Bertz CT molecular complexity index is 822. The molecule has 0 aromatic heterocycles. The van der Waals surface area contributed by atoms with Crippen LogP contribution in [0.2, 0.25) is 0 Å². The van der Waals surface area contributed by atoms with E-state index in [0.717, 1.165) is 49.4 Å². The van der Waals surface area contributed by atoms with E-state index in [9.17, 15) is 9.90 Å². The van der Waals surface area contributed by atoms with Gasteiger partial charge in [0.15, 0.2) is 11.5 Å². The van der Waals surface area contributed by atoms with E-state index in [1.165, 1.54) is 19.3 Å². The van der Waals surface area contributed by atoms with Gasteiger partial charge in [-0.05, 0) is 64.7 Å². The summed E-state index contributed by atoms with van der Waals surface area (Å²) in [5.74, 6) is 2.38. The van der Waals surface area contributed by atoms with Crippen molar-refractivity contribution in [3.8, 4) is 11.5 Å². The number of carbonyl (C=O) groups is 1. The molecule has 0 unspecified atom stereocenters. The highest BCUT2D eigenvalue weighted by Crippen LogP contribution is 2.30. The molecule has 1 N–H and O–H groups in total. The number of ether oxygens (including phenoxy) is 3. The minimum absolute atomic E-state index is 0.438. The summed E-state index contributed by atoms with van der Waals surface area (Å²) in [6.45, 7) is 10.4. The largest absolute Gasteiger partial charge is 0.493 e. The molecule has 1 saturated carbocycles. The predicted octanol–water partition coefficient (Wildman–Crippen LogP) is 6.57. The average molecular weight is 460 g/mol. The second kappa shape index (κ2) is 13.3. The van der Waals surface area contributed by atoms with Gasteiger partial charge in [-0.25, -0.2) is 4.79 Å². The molecule has 1 aromatic carbocycles. The van der Waals surface area contributed by atoms with Gasteiger partial charge in [0.25, 0.3) is 0 Å². The third kappa shape index (κ3) is 8.75. The maximum absolute atomic E-state index is 11.5. The van der Waals surface area contributed by atoms with Crippen LogP contribution in [0.1, 0.15) is 85.1 Å². The van der Waals surface area contributed by atoms with Gasteiger partial charge >= 0.3 is 5.97 Å². The molecule has 0 radical (unpaired) electrons. The van der Waals surface area contributed by atoms with E-state index in [-0.39, 0.29) is 0 Å². The quantitative estimate of drug-likeness (QED) is 0.166. The lowest BCUT2D eigenvalue weighted by atomic mass is 9.89. The van der Waals surface area contributed by atoms with Crippen molar-refractivity contribution < 1.29 is 24.1 Å². The molecule has 0 bridgehead atoms. The van der Waals surface area contributed by atoms with E-state index in [1.54, 1.807) is 19.9 Å². The van der Waals surface area contributed by atoms with Crippen LogP contribution in [0.3, 0.4) is 0 Å². The van der Waals surface area contributed by atoms with Crippen LogP contribution in [0, 0.1) is 5.92 Å². The molecule has 1 fully saturated rings. The first kappa shape index (κ1) is 26.7. The van der Waals surface area contributed by atoms with Crippen LogP contribution in [0.15, 0.2) is 35.0 Å². The minimum Gasteiger partial charge on any atom is -0.493 e. The lowest BCUT2D eigenvalue weighted by Crippen LogP contribution is -2.38. The van der Waals surface area contributed by atoms with Crippen molar-refractivity contribution in [2.45, 2.75) is 91.6 Å². The normalized spacial score (nSPS) is 15.9. The van der Waals surface area contributed by atoms with Gasteiger partial charge in [-0.1, -0.05) is 38.7 Å². The number of aryl methyl sites for hydroxylation is 1. The second-order valence-electron chi connectivity index (χ2n) is 9.14. The molecular weight excluding hydrogens is 418 g/mol. The Morgan fingerprint density at radius 3 is 2.58 bits per heavy atom. The number of rotatable bonds is 12. The molecule has 1 aromatic rings. The van der Waals surface area contributed by atoms with Gasteiger partial charge in [0.05, 0.1) is 12.4 Å². The van der Waals surface area contributed by atoms with Crippen LogP contribution in [-0.4, -0.2) is 35.7 Å². The molecule has 0 aliphatic heterocycles. The van der Waals surface area contributed by atoms with Crippen molar-refractivity contribution in [3.05, 3.63) is 35.6 Å². The zero-order chi connectivity index (χ0) is 24.3. The summed E-state index contributed by atoms with van der Waals surface area (Å²) in [5.41, 5.74) is -0.331. The molecule has 0 atom stereocenters. The Kier molecular flexibility index (Phi) is 10.8. The van der Waals surface area contributed by atoms with Crippen molar-refractivity contribution in [3.63, 3.8) is 0 Å². The van der Waals surface area contributed by atoms with Gasteiger partial charge in [0, 0.05) is 24.9 Å². The number of aliphatic carboxylic acids is 1. The van der Waals surface area contributed by atoms with E-state index >= 15 is 0 Å². The SMILES string of the molecule is CCCc1ccc(OCC/C=C(\C)OC(=NCC)C2CCCCC2)cc1OC(C)(C)C(=O)O. The highest BCUT2D eigenvalue weighted by atomic mass is 16.5. The van der Waals surface area contributed by atoms with Crippen LogP contribution in [-0.2, 0) is 16.0 Å². The molecule has 1 aliphatic carbocycles. The Balaban J connectivity index is 1.95. The zero-order valence-electron chi connectivity index (χ0n) is 21.0. The first-order chi connectivity index (χ1) is 15.8. The van der Waals surface area contributed by atoms with Gasteiger partial charge in [-0.15, -0.1) is 0 Å². The Morgan fingerprint density at radius 1 is 1.21 bits per heavy atom. The van der Waals surface area contributed by atoms with Crippen molar-refractivity contribution in [1.82, 2.24) is 0 Å². The third-order valence-corrected chi connectivity index (χ3v) is 5.79. The maximum atomic E-state index is 11.5. The standard InChI is InChI=1S/C27H41NO5/c1-6-12-21-16-17-23(19-24(21)33-27(4,5)26(29)30)31-18-11-13-20(3)32-25(28-7-2)22-14-9-8-10-15-22/h13,16-17,19,22H,6-12,14-15,18H2,1-5H3,(H,29,30)/b20-13+,28-25?. The Hall–Kier alpha value is -2.50. The summed E-state index contributed by atoms with van der Waals surface area (Å²) in [6.07, 6.45) is 10.6. The third-order valence-electron chi connectivity index (χ3n) is 5.79. The maximum Gasteiger partial charge on any atom is 0.347 e. The highest BCUT2D eigenvalue weighted by molar-refractivity contribution is 5.79. The van der Waals surface area contributed by atoms with Crippen LogP contribution < -0.4 is 9.47 Å². The lowest BCUT2D eigenvalue weighted by molar-refractivity contribution is -0.152. The summed E-state index contributed by atoms with van der Waals surface area (Å²) < 4.78 is 17.8. The summed E-state index contributed by atoms with van der Waals surface area (Å²) in [5, 5.41) is 9.41. The molecule has 1 aliphatic rings. The van der Waals surface area contributed by atoms with Gasteiger partial charge in [-0.2, -0.15) is 0 Å². The van der Waals surface area contributed by atoms with Gasteiger partial charge < -0.3 is 19.3 Å². The van der Waals surface area contributed by atoms with E-state index in [2.05, 4.69) is 11.9 Å². The molecule has 0 spiro atoms. The molecule has 184 valence electrons. The fraction of sp³-hybridized carbons (Fsp3) is 0.630. The number of aliphatic imine (C=N–C) groups is 1. The number of nitrogens with zero attached hydrogens (tertiary/aromatic N) is 1. The summed E-state index contributed by atoms with van der Waals surface area (Å²) >= 11 is 0. The van der Waals surface area contributed by atoms with Crippen molar-refractivity contribution in [2.75, 3.05) is 13.2 Å². The zero-order valence-corrected chi connectivity index (χ0v) is 21.0. The molecule has 6 nitrogen and oxygen atoms in total. The Labute approximate surface area is 199 Å². The summed E-state index contributed by atoms with van der Waals surface area (Å²) in [7, 11) is 0. The van der Waals surface area contributed by atoms with E-state index < -0.39 is 11.6 Å². The fourth-order valence-corrected chi connectivity index (χ4v) is 3.91. The van der Waals surface area contributed by atoms with Crippen molar-refractivity contribution in [2.24, 2.45) is 10.9 Å². The Morgan fingerprint density at radius 2 is 1.94 bits per heavy atom. The lowest BCUT2D eigenvalue weighted by Gasteiger charge is -2.24. The first-order valence-electron chi connectivity index (χ1n) is 12.3.